The lowest BCUT2D eigenvalue weighted by molar-refractivity contribution is 0.228. The Morgan fingerprint density at radius 3 is 2.22 bits per heavy atom. The zero-order valence-electron chi connectivity index (χ0n) is 11.2. The van der Waals surface area contributed by atoms with Crippen molar-refractivity contribution >= 4 is 12.9 Å². The fourth-order valence-electron chi connectivity index (χ4n) is 1.53. The highest BCUT2D eigenvalue weighted by molar-refractivity contribution is 7.62. The molecule has 5 heteroatoms. The van der Waals surface area contributed by atoms with Crippen LogP contribution in [0.4, 0.5) is 0 Å². The predicted molar refractivity (Wildman–Crippen MR) is 72.7 cm³/mol. The van der Waals surface area contributed by atoms with Crippen LogP contribution in [0.5, 0.6) is 5.75 Å². The minimum absolute atomic E-state index is 0.333. The van der Waals surface area contributed by atoms with Crippen molar-refractivity contribution < 1.29 is 18.3 Å². The summed E-state index contributed by atoms with van der Waals surface area (Å²) in [6, 6.07) is 7.17. The minimum Gasteiger partial charge on any atom is -0.493 e. The van der Waals surface area contributed by atoms with Gasteiger partial charge in [0.2, 0.25) is 0 Å². The summed E-state index contributed by atoms with van der Waals surface area (Å²) in [6.45, 7) is 6.85. The summed E-state index contributed by atoms with van der Waals surface area (Å²) in [6.07, 6.45) is 0.891. The molecule has 0 unspecified atom stereocenters. The molecular formula is C13H21O4P. The molecule has 1 aromatic carbocycles. The van der Waals surface area contributed by atoms with Gasteiger partial charge in [-0.05, 0) is 32.4 Å². The monoisotopic (exact) mass is 272 g/mol. The average Bonchev–Trinajstić information content (AvgIpc) is 2.37. The number of para-hydroxylation sites is 1. The van der Waals surface area contributed by atoms with Gasteiger partial charge in [-0.2, -0.15) is 0 Å². The van der Waals surface area contributed by atoms with Gasteiger partial charge in [0, 0.05) is 0 Å². The maximum atomic E-state index is 12.7. The summed E-state index contributed by atoms with van der Waals surface area (Å²) < 4.78 is 28.9. The largest absolute Gasteiger partial charge is 0.493 e. The molecule has 0 aliphatic heterocycles. The molecule has 0 amide bonds. The Hall–Kier alpha value is -0.830. The van der Waals surface area contributed by atoms with Crippen LogP contribution in [0.3, 0.4) is 0 Å². The van der Waals surface area contributed by atoms with Gasteiger partial charge in [0.05, 0.1) is 19.8 Å². The normalized spacial score (nSPS) is 11.5. The molecule has 0 radical (unpaired) electrons. The van der Waals surface area contributed by atoms with Gasteiger partial charge in [-0.3, -0.25) is 4.57 Å². The van der Waals surface area contributed by atoms with Crippen molar-refractivity contribution in [3.8, 4) is 5.75 Å². The van der Waals surface area contributed by atoms with Crippen LogP contribution in [-0.4, -0.2) is 19.8 Å². The van der Waals surface area contributed by atoms with Crippen molar-refractivity contribution in [3.63, 3.8) is 0 Å². The van der Waals surface area contributed by atoms with E-state index in [4.69, 9.17) is 13.8 Å². The van der Waals surface area contributed by atoms with Crippen LogP contribution in [0.2, 0.25) is 0 Å². The smallest absolute Gasteiger partial charge is 0.365 e. The molecule has 102 valence electrons. The molecule has 18 heavy (non-hydrogen) atoms. The standard InChI is InChI=1S/C13H21O4P/c1-4-11-15-12-9-7-8-10-13(12)18(14,16-5-2)17-6-3/h7-10H,4-6,11H2,1-3H3. The molecule has 4 nitrogen and oxygen atoms in total. The third kappa shape index (κ3) is 3.84. The molecule has 1 rings (SSSR count). The van der Waals surface area contributed by atoms with Crippen LogP contribution < -0.4 is 10.0 Å². The van der Waals surface area contributed by atoms with Gasteiger partial charge < -0.3 is 13.8 Å². The Morgan fingerprint density at radius 2 is 1.67 bits per heavy atom. The molecule has 0 saturated heterocycles. The van der Waals surface area contributed by atoms with Crippen molar-refractivity contribution in [1.29, 1.82) is 0 Å². The molecule has 0 spiro atoms. The van der Waals surface area contributed by atoms with Crippen molar-refractivity contribution in [3.05, 3.63) is 24.3 Å². The highest BCUT2D eigenvalue weighted by Gasteiger charge is 2.30. The van der Waals surface area contributed by atoms with E-state index in [1.807, 2.05) is 13.0 Å². The first-order valence-corrected chi connectivity index (χ1v) is 7.83. The molecule has 0 aliphatic carbocycles. The lowest BCUT2D eigenvalue weighted by Gasteiger charge is -2.19. The fourth-order valence-corrected chi connectivity index (χ4v) is 3.24. The summed E-state index contributed by atoms with van der Waals surface area (Å²) in [5.74, 6) is 0.574. The fraction of sp³-hybridized carbons (Fsp3) is 0.538. The first kappa shape index (κ1) is 15.2. The van der Waals surface area contributed by atoms with E-state index in [0.717, 1.165) is 6.42 Å². The molecule has 0 aromatic heterocycles. The third-order valence-electron chi connectivity index (χ3n) is 2.22. The topological polar surface area (TPSA) is 44.8 Å². The molecule has 0 N–H and O–H groups in total. The van der Waals surface area contributed by atoms with E-state index in [9.17, 15) is 4.57 Å². The number of benzene rings is 1. The van der Waals surface area contributed by atoms with Gasteiger partial charge in [0.1, 0.15) is 11.1 Å². The first-order chi connectivity index (χ1) is 8.68. The van der Waals surface area contributed by atoms with Crippen LogP contribution in [-0.2, 0) is 13.6 Å². The van der Waals surface area contributed by atoms with E-state index in [1.165, 1.54) is 0 Å². The van der Waals surface area contributed by atoms with Crippen molar-refractivity contribution in [2.24, 2.45) is 0 Å². The van der Waals surface area contributed by atoms with Crippen molar-refractivity contribution in [1.82, 2.24) is 0 Å². The van der Waals surface area contributed by atoms with Gasteiger partial charge in [-0.25, -0.2) is 0 Å². The molecule has 0 saturated carbocycles. The van der Waals surface area contributed by atoms with E-state index in [1.54, 1.807) is 32.0 Å². The maximum Gasteiger partial charge on any atom is 0.365 e. The Balaban J connectivity index is 3.07. The Labute approximate surface area is 109 Å². The summed E-state index contributed by atoms with van der Waals surface area (Å²) in [4.78, 5) is 0. The highest BCUT2D eigenvalue weighted by Crippen LogP contribution is 2.49. The van der Waals surface area contributed by atoms with Crippen molar-refractivity contribution in [2.45, 2.75) is 27.2 Å². The summed E-state index contributed by atoms with van der Waals surface area (Å²) in [5, 5.41) is 0.502. The lowest BCUT2D eigenvalue weighted by Crippen LogP contribution is -2.14. The quantitative estimate of drug-likeness (QED) is 0.681. The lowest BCUT2D eigenvalue weighted by atomic mass is 10.3. The molecular weight excluding hydrogens is 251 g/mol. The number of hydrogen-bond acceptors (Lipinski definition) is 4. The van der Waals surface area contributed by atoms with Crippen LogP contribution >= 0.6 is 7.60 Å². The Bertz CT molecular complexity index is 396. The second-order valence-electron chi connectivity index (χ2n) is 3.65. The second-order valence-corrected chi connectivity index (χ2v) is 5.64. The van der Waals surface area contributed by atoms with E-state index >= 15 is 0 Å². The molecule has 0 heterocycles. The zero-order chi connectivity index (χ0) is 13.4. The third-order valence-corrected chi connectivity index (χ3v) is 4.38. The zero-order valence-corrected chi connectivity index (χ0v) is 12.1. The van der Waals surface area contributed by atoms with E-state index in [-0.39, 0.29) is 0 Å². The molecule has 0 bridgehead atoms. The molecule has 0 fully saturated rings. The maximum absolute atomic E-state index is 12.7. The van der Waals surface area contributed by atoms with Gasteiger partial charge in [-0.15, -0.1) is 0 Å². The SMILES string of the molecule is CCCOc1ccccc1P(=O)(OCC)OCC. The Morgan fingerprint density at radius 1 is 1.06 bits per heavy atom. The van der Waals surface area contributed by atoms with Crippen molar-refractivity contribution in [2.75, 3.05) is 19.8 Å². The molecule has 0 atom stereocenters. The summed E-state index contributed by atoms with van der Waals surface area (Å²) in [7, 11) is -3.27. The van der Waals surface area contributed by atoms with Gasteiger partial charge in [0.15, 0.2) is 0 Å². The average molecular weight is 272 g/mol. The predicted octanol–water partition coefficient (Wildman–Crippen LogP) is 3.37. The van der Waals surface area contributed by atoms with Crippen LogP contribution in [0.1, 0.15) is 27.2 Å². The number of hydrogen-bond donors (Lipinski definition) is 0. The van der Waals surface area contributed by atoms with Crippen LogP contribution in [0.25, 0.3) is 0 Å². The number of ether oxygens (including phenoxy) is 1. The van der Waals surface area contributed by atoms with E-state index < -0.39 is 7.60 Å². The van der Waals surface area contributed by atoms with E-state index in [0.29, 0.717) is 30.9 Å². The number of rotatable bonds is 8. The van der Waals surface area contributed by atoms with Crippen LogP contribution in [0.15, 0.2) is 24.3 Å². The highest BCUT2D eigenvalue weighted by atomic mass is 31.2. The first-order valence-electron chi connectivity index (χ1n) is 6.29. The summed E-state index contributed by atoms with van der Waals surface area (Å²) in [5.41, 5.74) is 0. The van der Waals surface area contributed by atoms with Crippen LogP contribution in [0, 0.1) is 0 Å². The molecule has 0 aliphatic rings. The van der Waals surface area contributed by atoms with Gasteiger partial charge in [-0.1, -0.05) is 19.1 Å². The Kier molecular flexibility index (Phi) is 6.41. The summed E-state index contributed by atoms with van der Waals surface area (Å²) >= 11 is 0. The van der Waals surface area contributed by atoms with Gasteiger partial charge in [0.25, 0.3) is 0 Å². The second kappa shape index (κ2) is 7.57. The van der Waals surface area contributed by atoms with Gasteiger partial charge >= 0.3 is 7.60 Å². The van der Waals surface area contributed by atoms with E-state index in [2.05, 4.69) is 0 Å². The molecule has 1 aromatic rings. The minimum atomic E-state index is -3.27.